The lowest BCUT2D eigenvalue weighted by molar-refractivity contribution is -0.135. The summed E-state index contributed by atoms with van der Waals surface area (Å²) in [4.78, 5) is 14.3. The van der Waals surface area contributed by atoms with E-state index < -0.39 is 5.92 Å². The molecule has 0 saturated carbocycles. The lowest BCUT2D eigenvalue weighted by Crippen LogP contribution is -2.46. The second kappa shape index (κ2) is 7.08. The van der Waals surface area contributed by atoms with Gasteiger partial charge < -0.3 is 20.9 Å². The molecule has 1 heterocycles. The van der Waals surface area contributed by atoms with Gasteiger partial charge in [-0.15, -0.1) is 0 Å². The predicted molar refractivity (Wildman–Crippen MR) is 78.9 cm³/mol. The minimum Gasteiger partial charge on any atom is -0.409 e. The molecule has 1 aliphatic rings. The maximum Gasteiger partial charge on any atom is 0.234 e. The van der Waals surface area contributed by atoms with Gasteiger partial charge in [0.1, 0.15) is 5.92 Å². The Kier molecular flexibility index (Phi) is 5.16. The van der Waals surface area contributed by atoms with Gasteiger partial charge in [-0.25, -0.2) is 0 Å². The second-order valence-corrected chi connectivity index (χ2v) is 5.28. The van der Waals surface area contributed by atoms with Crippen LogP contribution in [0.2, 0.25) is 0 Å². The molecule has 21 heavy (non-hydrogen) atoms. The second-order valence-electron chi connectivity index (χ2n) is 5.28. The van der Waals surface area contributed by atoms with Crippen LogP contribution in [0.3, 0.4) is 0 Å². The van der Waals surface area contributed by atoms with Gasteiger partial charge in [0.2, 0.25) is 5.91 Å². The van der Waals surface area contributed by atoms with Crippen LogP contribution < -0.4 is 5.73 Å². The standard InChI is InChI=1S/C15H21N3O3/c16-14(17-21)13(9-11-5-2-1-3-6-11)15(20)18-8-4-7-12(18)10-19/h1-3,5-6,12-13,19,21H,4,7-10H2,(H2,16,17). The van der Waals surface area contributed by atoms with E-state index in [1.165, 1.54) is 0 Å². The first-order valence-electron chi connectivity index (χ1n) is 7.10. The number of nitrogens with two attached hydrogens (primary N) is 1. The molecule has 0 spiro atoms. The minimum atomic E-state index is -0.704. The number of hydrogen-bond donors (Lipinski definition) is 3. The Morgan fingerprint density at radius 3 is 2.76 bits per heavy atom. The largest absolute Gasteiger partial charge is 0.409 e. The van der Waals surface area contributed by atoms with Gasteiger partial charge in [-0.1, -0.05) is 35.5 Å². The van der Waals surface area contributed by atoms with E-state index in [1.807, 2.05) is 30.3 Å². The van der Waals surface area contributed by atoms with Crippen LogP contribution in [0.4, 0.5) is 0 Å². The van der Waals surface area contributed by atoms with E-state index >= 15 is 0 Å². The van der Waals surface area contributed by atoms with Crippen LogP contribution in [0.5, 0.6) is 0 Å². The summed E-state index contributed by atoms with van der Waals surface area (Å²) in [7, 11) is 0. The molecule has 0 radical (unpaired) electrons. The van der Waals surface area contributed by atoms with Crippen LogP contribution in [-0.2, 0) is 11.2 Å². The summed E-state index contributed by atoms with van der Waals surface area (Å²) in [6.45, 7) is 0.550. The zero-order valence-electron chi connectivity index (χ0n) is 11.9. The normalized spacial score (nSPS) is 20.5. The van der Waals surface area contributed by atoms with Gasteiger partial charge in [0.25, 0.3) is 0 Å². The Bertz CT molecular complexity index is 504. The van der Waals surface area contributed by atoms with E-state index in [1.54, 1.807) is 4.90 Å². The topological polar surface area (TPSA) is 99.2 Å². The molecule has 2 rings (SSSR count). The number of rotatable bonds is 5. The van der Waals surface area contributed by atoms with Crippen LogP contribution in [0.15, 0.2) is 35.5 Å². The van der Waals surface area contributed by atoms with E-state index in [2.05, 4.69) is 5.16 Å². The first-order chi connectivity index (χ1) is 10.2. The molecule has 1 aromatic carbocycles. The molecular formula is C15H21N3O3. The smallest absolute Gasteiger partial charge is 0.234 e. The average molecular weight is 291 g/mol. The van der Waals surface area contributed by atoms with E-state index in [0.29, 0.717) is 13.0 Å². The molecule has 1 fully saturated rings. The Labute approximate surface area is 123 Å². The number of amidine groups is 1. The van der Waals surface area contributed by atoms with Crippen LogP contribution in [0.1, 0.15) is 18.4 Å². The fraction of sp³-hybridized carbons (Fsp3) is 0.467. The number of aliphatic hydroxyl groups excluding tert-OH is 1. The maximum absolute atomic E-state index is 12.7. The Balaban J connectivity index is 2.18. The van der Waals surface area contributed by atoms with Crippen LogP contribution >= 0.6 is 0 Å². The van der Waals surface area contributed by atoms with Crippen molar-refractivity contribution < 1.29 is 15.1 Å². The van der Waals surface area contributed by atoms with E-state index in [9.17, 15) is 9.90 Å². The number of oxime groups is 1. The van der Waals surface area contributed by atoms with Gasteiger partial charge in [-0.2, -0.15) is 0 Å². The molecule has 2 atom stereocenters. The van der Waals surface area contributed by atoms with Gasteiger partial charge in [0, 0.05) is 6.54 Å². The number of hydrogen-bond acceptors (Lipinski definition) is 4. The van der Waals surface area contributed by atoms with Crippen molar-refractivity contribution in [2.24, 2.45) is 16.8 Å². The molecule has 114 valence electrons. The first-order valence-corrected chi connectivity index (χ1v) is 7.10. The summed E-state index contributed by atoms with van der Waals surface area (Å²) >= 11 is 0. The number of amides is 1. The molecule has 1 aromatic rings. The minimum absolute atomic E-state index is 0.0556. The number of carbonyl (C=O) groups excluding carboxylic acids is 1. The molecule has 0 bridgehead atoms. The average Bonchev–Trinajstić information content (AvgIpc) is 3.00. The van der Waals surface area contributed by atoms with E-state index in [-0.39, 0.29) is 24.4 Å². The number of nitrogens with zero attached hydrogens (tertiary/aromatic N) is 2. The zero-order valence-corrected chi connectivity index (χ0v) is 11.9. The SMILES string of the molecule is NC(=NO)C(Cc1ccccc1)C(=O)N1CCCC1CO. The molecule has 2 unspecified atom stereocenters. The quantitative estimate of drug-likeness (QED) is 0.320. The number of likely N-dealkylation sites (tertiary alicyclic amines) is 1. The van der Waals surface area contributed by atoms with Gasteiger partial charge in [0.05, 0.1) is 12.6 Å². The van der Waals surface area contributed by atoms with Crippen molar-refractivity contribution in [3.8, 4) is 0 Å². The van der Waals surface area contributed by atoms with Crippen molar-refractivity contribution in [1.82, 2.24) is 4.90 Å². The lowest BCUT2D eigenvalue weighted by Gasteiger charge is -2.27. The van der Waals surface area contributed by atoms with Gasteiger partial charge >= 0.3 is 0 Å². The zero-order chi connectivity index (χ0) is 15.2. The molecule has 4 N–H and O–H groups in total. The number of aliphatic hydroxyl groups is 1. The fourth-order valence-corrected chi connectivity index (χ4v) is 2.75. The van der Waals surface area contributed by atoms with Gasteiger partial charge in [-0.3, -0.25) is 4.79 Å². The van der Waals surface area contributed by atoms with E-state index in [0.717, 1.165) is 18.4 Å². The monoisotopic (exact) mass is 291 g/mol. The summed E-state index contributed by atoms with van der Waals surface area (Å²) in [5.41, 5.74) is 6.66. The Hall–Kier alpha value is -2.08. The van der Waals surface area contributed by atoms with Gasteiger partial charge in [-0.05, 0) is 24.8 Å². The van der Waals surface area contributed by atoms with Crippen molar-refractivity contribution in [2.45, 2.75) is 25.3 Å². The van der Waals surface area contributed by atoms with Crippen molar-refractivity contribution >= 4 is 11.7 Å². The molecule has 1 aliphatic heterocycles. The lowest BCUT2D eigenvalue weighted by atomic mass is 9.96. The third kappa shape index (κ3) is 3.52. The summed E-state index contributed by atoms with van der Waals surface area (Å²) in [5.74, 6) is -0.984. The molecule has 6 nitrogen and oxygen atoms in total. The highest BCUT2D eigenvalue weighted by Crippen LogP contribution is 2.21. The Morgan fingerprint density at radius 1 is 1.43 bits per heavy atom. The molecule has 0 aliphatic carbocycles. The van der Waals surface area contributed by atoms with Crippen molar-refractivity contribution in [2.75, 3.05) is 13.2 Å². The van der Waals surface area contributed by atoms with Crippen molar-refractivity contribution in [3.63, 3.8) is 0 Å². The molecule has 1 saturated heterocycles. The van der Waals surface area contributed by atoms with Gasteiger partial charge in [0.15, 0.2) is 5.84 Å². The highest BCUT2D eigenvalue weighted by atomic mass is 16.4. The predicted octanol–water partition coefficient (Wildman–Crippen LogP) is 0.575. The molecule has 6 heteroatoms. The number of benzene rings is 1. The fourth-order valence-electron chi connectivity index (χ4n) is 2.75. The van der Waals surface area contributed by atoms with Crippen molar-refractivity contribution in [3.05, 3.63) is 35.9 Å². The number of carbonyl (C=O) groups is 1. The van der Waals surface area contributed by atoms with Crippen molar-refractivity contribution in [1.29, 1.82) is 0 Å². The summed E-state index contributed by atoms with van der Waals surface area (Å²) in [6.07, 6.45) is 2.03. The molecule has 0 aromatic heterocycles. The molecule has 1 amide bonds. The third-order valence-electron chi connectivity index (χ3n) is 3.92. The summed E-state index contributed by atoms with van der Waals surface area (Å²) in [6, 6.07) is 9.30. The highest BCUT2D eigenvalue weighted by molar-refractivity contribution is 6.02. The summed E-state index contributed by atoms with van der Waals surface area (Å²) < 4.78 is 0. The first kappa shape index (κ1) is 15.3. The molecular weight excluding hydrogens is 270 g/mol. The Morgan fingerprint density at radius 2 is 2.14 bits per heavy atom. The van der Waals surface area contributed by atoms with Crippen LogP contribution in [0.25, 0.3) is 0 Å². The third-order valence-corrected chi connectivity index (χ3v) is 3.92. The van der Waals surface area contributed by atoms with Crippen LogP contribution in [-0.4, -0.2) is 46.1 Å². The van der Waals surface area contributed by atoms with Crippen LogP contribution in [0, 0.1) is 5.92 Å². The maximum atomic E-state index is 12.7. The van der Waals surface area contributed by atoms with E-state index in [4.69, 9.17) is 10.9 Å². The summed E-state index contributed by atoms with van der Waals surface area (Å²) in [5, 5.41) is 21.3. The highest BCUT2D eigenvalue weighted by Gasteiger charge is 2.34.